The molecule has 3 N–H and O–H groups in total. The van der Waals surface area contributed by atoms with E-state index in [4.69, 9.17) is 0 Å². The van der Waals surface area contributed by atoms with Crippen LogP contribution in [-0.2, 0) is 4.79 Å². The summed E-state index contributed by atoms with van der Waals surface area (Å²) in [5.74, 6) is 0.649. The van der Waals surface area contributed by atoms with Crippen molar-refractivity contribution in [2.24, 2.45) is 4.99 Å². The molecule has 0 rings (SSSR count). The first-order chi connectivity index (χ1) is 11.3. The minimum absolute atomic E-state index is 0. The summed E-state index contributed by atoms with van der Waals surface area (Å²) in [5, 5.41) is 9.41. The Hall–Kier alpha value is -0.570. The topological polar surface area (TPSA) is 68.8 Å². The van der Waals surface area contributed by atoms with Gasteiger partial charge in [0.1, 0.15) is 6.54 Å². The Morgan fingerprint density at radius 2 is 1.60 bits per heavy atom. The maximum absolute atomic E-state index is 11.9. The first-order valence-electron chi connectivity index (χ1n) is 9.37. The molecule has 6 nitrogen and oxygen atoms in total. The average Bonchev–Trinajstić information content (AvgIpc) is 2.47. The van der Waals surface area contributed by atoms with Gasteiger partial charge in [-0.1, -0.05) is 13.8 Å². The third-order valence-corrected chi connectivity index (χ3v) is 3.26. The molecule has 0 radical (unpaired) electrons. The van der Waals surface area contributed by atoms with Crippen molar-refractivity contribution >= 4 is 35.8 Å². The van der Waals surface area contributed by atoms with Gasteiger partial charge in [-0.2, -0.15) is 0 Å². The molecule has 7 heteroatoms. The fraction of sp³-hybridized carbons (Fsp3) is 0.889. The smallest absolute Gasteiger partial charge is 0.242 e. The van der Waals surface area contributed by atoms with Crippen LogP contribution >= 0.6 is 24.0 Å². The summed E-state index contributed by atoms with van der Waals surface area (Å²) in [5.41, 5.74) is -0.222. The lowest BCUT2D eigenvalue weighted by atomic mass is 10.1. The summed E-state index contributed by atoms with van der Waals surface area (Å²) in [6.45, 7) is 17.6. The molecule has 0 aliphatic carbocycles. The van der Waals surface area contributed by atoms with Gasteiger partial charge in [0.2, 0.25) is 5.91 Å². The molecule has 0 aromatic carbocycles. The first kappa shape index (κ1) is 26.7. The number of rotatable bonds is 11. The molecular formula is C18H40IN5O. The van der Waals surface area contributed by atoms with E-state index in [0.717, 1.165) is 39.1 Å². The van der Waals surface area contributed by atoms with E-state index in [9.17, 15) is 4.79 Å². The highest BCUT2D eigenvalue weighted by atomic mass is 127. The third kappa shape index (κ3) is 16.6. The second-order valence-corrected chi connectivity index (χ2v) is 7.12. The number of nitrogens with one attached hydrogen (secondary N) is 3. The number of amides is 1. The Balaban J connectivity index is 0. The van der Waals surface area contributed by atoms with Crippen LogP contribution in [0.2, 0.25) is 0 Å². The largest absolute Gasteiger partial charge is 0.357 e. The molecule has 0 heterocycles. The van der Waals surface area contributed by atoms with E-state index < -0.39 is 0 Å². The lowest BCUT2D eigenvalue weighted by Gasteiger charge is -2.21. The van der Waals surface area contributed by atoms with Gasteiger partial charge < -0.3 is 20.9 Å². The van der Waals surface area contributed by atoms with E-state index in [-0.39, 0.29) is 42.0 Å². The van der Waals surface area contributed by atoms with E-state index in [0.29, 0.717) is 5.96 Å². The van der Waals surface area contributed by atoms with Crippen molar-refractivity contribution in [3.05, 3.63) is 0 Å². The minimum Gasteiger partial charge on any atom is -0.357 e. The van der Waals surface area contributed by atoms with Crippen LogP contribution in [0.3, 0.4) is 0 Å². The number of aliphatic imine (C=N–C) groups is 1. The van der Waals surface area contributed by atoms with Crippen molar-refractivity contribution in [1.29, 1.82) is 0 Å². The van der Waals surface area contributed by atoms with Crippen molar-refractivity contribution in [2.75, 3.05) is 39.3 Å². The van der Waals surface area contributed by atoms with Crippen molar-refractivity contribution in [1.82, 2.24) is 20.9 Å². The monoisotopic (exact) mass is 469 g/mol. The van der Waals surface area contributed by atoms with E-state index in [1.54, 1.807) is 0 Å². The third-order valence-electron chi connectivity index (χ3n) is 3.26. The van der Waals surface area contributed by atoms with Crippen LogP contribution in [0.15, 0.2) is 4.99 Å². The van der Waals surface area contributed by atoms with Gasteiger partial charge in [-0.3, -0.25) is 4.79 Å². The maximum Gasteiger partial charge on any atom is 0.242 e. The number of guanidine groups is 1. The molecule has 0 fully saturated rings. The summed E-state index contributed by atoms with van der Waals surface area (Å²) in [4.78, 5) is 18.7. The zero-order chi connectivity index (χ0) is 18.4. The molecule has 0 aliphatic rings. The molecular weight excluding hydrogens is 429 g/mol. The van der Waals surface area contributed by atoms with E-state index >= 15 is 0 Å². The Morgan fingerprint density at radius 3 is 2.08 bits per heavy atom. The zero-order valence-electron chi connectivity index (χ0n) is 17.1. The summed E-state index contributed by atoms with van der Waals surface area (Å²) in [7, 11) is 0. The summed E-state index contributed by atoms with van der Waals surface area (Å²) in [6.07, 6.45) is 3.46. The van der Waals surface area contributed by atoms with Crippen LogP contribution in [0.1, 0.15) is 60.8 Å². The van der Waals surface area contributed by atoms with Gasteiger partial charge in [0.25, 0.3) is 0 Å². The quantitative estimate of drug-likeness (QED) is 0.188. The van der Waals surface area contributed by atoms with E-state index in [1.807, 2.05) is 27.7 Å². The van der Waals surface area contributed by atoms with Crippen LogP contribution in [0.4, 0.5) is 0 Å². The lowest BCUT2D eigenvalue weighted by molar-refractivity contribution is -0.121. The summed E-state index contributed by atoms with van der Waals surface area (Å²) < 4.78 is 0. The number of halogens is 1. The van der Waals surface area contributed by atoms with E-state index in [2.05, 4.69) is 39.7 Å². The Kier molecular flexibility index (Phi) is 16.7. The highest BCUT2D eigenvalue weighted by Crippen LogP contribution is 1.98. The van der Waals surface area contributed by atoms with Crippen LogP contribution in [0, 0.1) is 0 Å². The first-order valence-corrected chi connectivity index (χ1v) is 9.37. The second-order valence-electron chi connectivity index (χ2n) is 7.12. The van der Waals surface area contributed by atoms with Crippen LogP contribution in [0.5, 0.6) is 0 Å². The molecule has 150 valence electrons. The molecule has 0 saturated heterocycles. The molecule has 0 aliphatic heterocycles. The average molecular weight is 469 g/mol. The molecule has 0 unspecified atom stereocenters. The Labute approximate surface area is 172 Å². The number of carbonyl (C=O) groups excluding carboxylic acids is 1. The van der Waals surface area contributed by atoms with Gasteiger partial charge in [-0.05, 0) is 66.6 Å². The van der Waals surface area contributed by atoms with Crippen molar-refractivity contribution in [2.45, 2.75) is 66.3 Å². The highest BCUT2D eigenvalue weighted by molar-refractivity contribution is 14.0. The van der Waals surface area contributed by atoms with Crippen LogP contribution in [-0.4, -0.2) is 61.6 Å². The normalized spacial score (nSPS) is 11.9. The Morgan fingerprint density at radius 1 is 1.00 bits per heavy atom. The fourth-order valence-corrected chi connectivity index (χ4v) is 2.43. The lowest BCUT2D eigenvalue weighted by Crippen LogP contribution is -2.43. The van der Waals surface area contributed by atoms with Crippen LogP contribution in [0.25, 0.3) is 0 Å². The van der Waals surface area contributed by atoms with Crippen molar-refractivity contribution in [3.8, 4) is 0 Å². The summed E-state index contributed by atoms with van der Waals surface area (Å²) >= 11 is 0. The number of hydrogen-bond acceptors (Lipinski definition) is 3. The predicted octanol–water partition coefficient (Wildman–Crippen LogP) is 2.59. The summed E-state index contributed by atoms with van der Waals surface area (Å²) in [6, 6.07) is 0. The number of hydrogen-bond donors (Lipinski definition) is 3. The Bertz CT molecular complexity index is 363. The van der Waals surface area contributed by atoms with Crippen LogP contribution < -0.4 is 16.0 Å². The van der Waals surface area contributed by atoms with E-state index in [1.165, 1.54) is 12.8 Å². The molecule has 25 heavy (non-hydrogen) atoms. The molecule has 0 atom stereocenters. The maximum atomic E-state index is 11.9. The van der Waals surface area contributed by atoms with Gasteiger partial charge in [0, 0.05) is 18.6 Å². The second kappa shape index (κ2) is 15.7. The standard InChI is InChI=1S/C18H39N5O.HI/c1-7-12-23(13-8-2)14-10-11-20-17(19-9-3)21-15-16(24)22-18(4,5)6;/h7-15H2,1-6H3,(H,22,24)(H2,19,20,21);1H. The van der Waals surface area contributed by atoms with Crippen molar-refractivity contribution < 1.29 is 4.79 Å². The van der Waals surface area contributed by atoms with Gasteiger partial charge in [0.05, 0.1) is 0 Å². The zero-order valence-corrected chi connectivity index (χ0v) is 19.4. The van der Waals surface area contributed by atoms with Gasteiger partial charge in [-0.15, -0.1) is 24.0 Å². The highest BCUT2D eigenvalue weighted by Gasteiger charge is 2.13. The van der Waals surface area contributed by atoms with Crippen molar-refractivity contribution in [3.63, 3.8) is 0 Å². The predicted molar refractivity (Wildman–Crippen MR) is 119 cm³/mol. The molecule has 0 aromatic rings. The molecule has 0 saturated carbocycles. The minimum atomic E-state index is -0.222. The molecule has 1 amide bonds. The van der Waals surface area contributed by atoms with Gasteiger partial charge in [0.15, 0.2) is 5.96 Å². The number of nitrogens with zero attached hydrogens (tertiary/aromatic N) is 2. The molecule has 0 bridgehead atoms. The number of carbonyl (C=O) groups is 1. The fourth-order valence-electron chi connectivity index (χ4n) is 2.43. The SMILES string of the molecule is CCCN(CCC)CCCNC(=NCC(=O)NC(C)(C)C)NCC.I. The molecule has 0 spiro atoms. The van der Waals surface area contributed by atoms with Gasteiger partial charge in [-0.25, -0.2) is 4.99 Å². The molecule has 0 aromatic heterocycles. The van der Waals surface area contributed by atoms with Gasteiger partial charge >= 0.3 is 0 Å².